The van der Waals surface area contributed by atoms with E-state index in [0.717, 1.165) is 12.8 Å². The summed E-state index contributed by atoms with van der Waals surface area (Å²) in [5, 5.41) is 15.5. The Balaban J connectivity index is 2.03. The van der Waals surface area contributed by atoms with Crippen molar-refractivity contribution < 1.29 is 14.5 Å². The molecular formula is C11H11ClN4O4. The van der Waals surface area contributed by atoms with Crippen LogP contribution in [-0.4, -0.2) is 34.3 Å². The molecule has 0 bridgehead atoms. The molecule has 9 heteroatoms. The Morgan fingerprint density at radius 2 is 2.20 bits per heavy atom. The fourth-order valence-electron chi connectivity index (χ4n) is 1.55. The minimum Gasteiger partial charge on any atom is -0.352 e. The number of nitrogens with zero attached hydrogens (tertiary/aromatic N) is 2. The molecule has 1 saturated carbocycles. The van der Waals surface area contributed by atoms with Crippen LogP contribution in [0.5, 0.6) is 0 Å². The van der Waals surface area contributed by atoms with Crippen LogP contribution in [0.25, 0.3) is 0 Å². The summed E-state index contributed by atoms with van der Waals surface area (Å²) in [7, 11) is 0. The molecule has 0 radical (unpaired) electrons. The van der Waals surface area contributed by atoms with Gasteiger partial charge in [-0.3, -0.25) is 19.7 Å². The van der Waals surface area contributed by atoms with Crippen LogP contribution in [0.2, 0.25) is 5.15 Å². The topological polar surface area (TPSA) is 114 Å². The van der Waals surface area contributed by atoms with Crippen LogP contribution in [0.15, 0.2) is 12.3 Å². The number of hydrogen-bond acceptors (Lipinski definition) is 5. The normalized spacial score (nSPS) is 13.7. The molecule has 0 aromatic carbocycles. The molecule has 1 aromatic rings. The molecule has 1 heterocycles. The summed E-state index contributed by atoms with van der Waals surface area (Å²) in [6.07, 6.45) is 3.06. The zero-order chi connectivity index (χ0) is 14.7. The predicted octanol–water partition coefficient (Wildman–Crippen LogP) is 0.652. The van der Waals surface area contributed by atoms with E-state index in [2.05, 4.69) is 15.6 Å². The maximum Gasteiger partial charge on any atom is 0.319 e. The molecule has 8 nitrogen and oxygen atoms in total. The van der Waals surface area contributed by atoms with E-state index in [4.69, 9.17) is 11.6 Å². The highest BCUT2D eigenvalue weighted by atomic mass is 35.5. The lowest BCUT2D eigenvalue weighted by Crippen LogP contribution is -2.38. The Kier molecular flexibility index (Phi) is 4.14. The second-order valence-corrected chi connectivity index (χ2v) is 4.64. The molecule has 106 valence electrons. The summed E-state index contributed by atoms with van der Waals surface area (Å²) in [4.78, 5) is 36.9. The summed E-state index contributed by atoms with van der Waals surface area (Å²) in [5.41, 5.74) is -0.802. The molecule has 2 N–H and O–H groups in total. The van der Waals surface area contributed by atoms with E-state index in [1.165, 1.54) is 12.3 Å². The largest absolute Gasteiger partial charge is 0.352 e. The van der Waals surface area contributed by atoms with Crippen molar-refractivity contribution in [3.8, 4) is 0 Å². The van der Waals surface area contributed by atoms with Gasteiger partial charge in [0.1, 0.15) is 5.56 Å². The van der Waals surface area contributed by atoms with Crippen molar-refractivity contribution in [2.75, 3.05) is 6.54 Å². The van der Waals surface area contributed by atoms with E-state index in [0.29, 0.717) is 0 Å². The van der Waals surface area contributed by atoms with Gasteiger partial charge in [-0.05, 0) is 18.9 Å². The van der Waals surface area contributed by atoms with Crippen molar-refractivity contribution in [1.82, 2.24) is 15.6 Å². The lowest BCUT2D eigenvalue weighted by Gasteiger charge is -2.06. The van der Waals surface area contributed by atoms with Gasteiger partial charge in [-0.25, -0.2) is 4.98 Å². The number of pyridine rings is 1. The van der Waals surface area contributed by atoms with Gasteiger partial charge >= 0.3 is 5.69 Å². The first-order chi connectivity index (χ1) is 9.49. The third kappa shape index (κ3) is 3.41. The number of amides is 2. The highest BCUT2D eigenvalue weighted by Crippen LogP contribution is 2.25. The molecule has 1 aliphatic carbocycles. The smallest absolute Gasteiger partial charge is 0.319 e. The molecule has 0 aliphatic heterocycles. The number of carbonyl (C=O) groups is 2. The molecule has 2 rings (SSSR count). The summed E-state index contributed by atoms with van der Waals surface area (Å²) in [5.74, 6) is -1.07. The third-order valence-corrected chi connectivity index (χ3v) is 2.94. The quantitative estimate of drug-likeness (QED) is 0.470. The third-order valence-electron chi connectivity index (χ3n) is 2.66. The van der Waals surface area contributed by atoms with E-state index < -0.39 is 16.5 Å². The van der Waals surface area contributed by atoms with Crippen LogP contribution < -0.4 is 10.6 Å². The first kappa shape index (κ1) is 14.2. The van der Waals surface area contributed by atoms with Crippen molar-refractivity contribution in [1.29, 1.82) is 0 Å². The summed E-state index contributed by atoms with van der Waals surface area (Å²) in [6, 6.07) is 1.36. The molecule has 0 unspecified atom stereocenters. The average Bonchev–Trinajstić information content (AvgIpc) is 3.19. The van der Waals surface area contributed by atoms with Crippen LogP contribution in [0.4, 0.5) is 5.69 Å². The van der Waals surface area contributed by atoms with Gasteiger partial charge in [0.05, 0.1) is 11.5 Å². The number of hydrogen-bond donors (Lipinski definition) is 2. The Bertz CT molecular complexity index is 574. The van der Waals surface area contributed by atoms with E-state index in [1.54, 1.807) is 0 Å². The van der Waals surface area contributed by atoms with Gasteiger partial charge < -0.3 is 10.6 Å². The highest BCUT2D eigenvalue weighted by molar-refractivity contribution is 6.32. The number of rotatable bonds is 5. The van der Waals surface area contributed by atoms with Gasteiger partial charge in [-0.15, -0.1) is 0 Å². The van der Waals surface area contributed by atoms with Crippen molar-refractivity contribution in [2.45, 2.75) is 18.9 Å². The van der Waals surface area contributed by atoms with Crippen LogP contribution in [-0.2, 0) is 4.79 Å². The lowest BCUT2D eigenvalue weighted by molar-refractivity contribution is -0.385. The van der Waals surface area contributed by atoms with E-state index in [9.17, 15) is 19.7 Å². The fraction of sp³-hybridized carbons (Fsp3) is 0.364. The van der Waals surface area contributed by atoms with E-state index in [-0.39, 0.29) is 29.2 Å². The molecule has 0 atom stereocenters. The van der Waals surface area contributed by atoms with Gasteiger partial charge in [-0.1, -0.05) is 11.6 Å². The Hall–Kier alpha value is -2.22. The summed E-state index contributed by atoms with van der Waals surface area (Å²) >= 11 is 5.60. The lowest BCUT2D eigenvalue weighted by atomic mass is 10.2. The first-order valence-electron chi connectivity index (χ1n) is 5.85. The van der Waals surface area contributed by atoms with Crippen LogP contribution in [0, 0.1) is 10.1 Å². The van der Waals surface area contributed by atoms with Gasteiger partial charge in [0, 0.05) is 12.2 Å². The minimum absolute atomic E-state index is 0.184. The maximum absolute atomic E-state index is 11.8. The molecule has 0 spiro atoms. The van der Waals surface area contributed by atoms with E-state index in [1.807, 2.05) is 0 Å². The predicted molar refractivity (Wildman–Crippen MR) is 69.4 cm³/mol. The number of carbonyl (C=O) groups excluding carboxylic acids is 2. The zero-order valence-corrected chi connectivity index (χ0v) is 11.0. The number of aromatic nitrogens is 1. The van der Waals surface area contributed by atoms with Crippen molar-refractivity contribution in [2.24, 2.45) is 0 Å². The number of halogens is 1. The molecular weight excluding hydrogens is 288 g/mol. The molecule has 1 aliphatic rings. The second kappa shape index (κ2) is 5.83. The SMILES string of the molecule is O=C(CNC(=O)c1ccnc(Cl)c1[N+](=O)[O-])NC1CC1. The van der Waals surface area contributed by atoms with Crippen molar-refractivity contribution in [3.63, 3.8) is 0 Å². The monoisotopic (exact) mass is 298 g/mol. The van der Waals surface area contributed by atoms with Crippen molar-refractivity contribution in [3.05, 3.63) is 33.1 Å². The summed E-state index contributed by atoms with van der Waals surface area (Å²) in [6.45, 7) is -0.244. The van der Waals surface area contributed by atoms with Crippen LogP contribution >= 0.6 is 11.6 Å². The maximum atomic E-state index is 11.8. The van der Waals surface area contributed by atoms with Gasteiger partial charge in [0.2, 0.25) is 11.1 Å². The second-order valence-electron chi connectivity index (χ2n) is 4.28. The molecule has 2 amide bonds. The molecule has 0 saturated heterocycles. The summed E-state index contributed by atoms with van der Waals surface area (Å²) < 4.78 is 0. The Morgan fingerprint density at radius 1 is 1.50 bits per heavy atom. The minimum atomic E-state index is -0.783. The van der Waals surface area contributed by atoms with E-state index >= 15 is 0 Å². The molecule has 1 fully saturated rings. The average molecular weight is 299 g/mol. The van der Waals surface area contributed by atoms with Crippen LogP contribution in [0.3, 0.4) is 0 Å². The highest BCUT2D eigenvalue weighted by Gasteiger charge is 2.26. The first-order valence-corrected chi connectivity index (χ1v) is 6.23. The Morgan fingerprint density at radius 3 is 2.80 bits per heavy atom. The zero-order valence-electron chi connectivity index (χ0n) is 10.3. The fourth-order valence-corrected chi connectivity index (χ4v) is 1.77. The molecule has 1 aromatic heterocycles. The van der Waals surface area contributed by atoms with Gasteiger partial charge in [-0.2, -0.15) is 0 Å². The van der Waals surface area contributed by atoms with Crippen molar-refractivity contribution >= 4 is 29.1 Å². The standard InChI is InChI=1S/C11H11ClN4O4/c12-10-9(16(19)20)7(3-4-13-10)11(18)14-5-8(17)15-6-1-2-6/h3-4,6H,1-2,5H2,(H,14,18)(H,15,17). The number of nitro groups is 1. The molecule has 20 heavy (non-hydrogen) atoms. The van der Waals surface area contributed by atoms with Gasteiger partial charge in [0.15, 0.2) is 0 Å². The van der Waals surface area contributed by atoms with Crippen LogP contribution in [0.1, 0.15) is 23.2 Å². The Labute approximate surface area is 118 Å². The van der Waals surface area contributed by atoms with Gasteiger partial charge in [0.25, 0.3) is 5.91 Å². The number of nitrogens with one attached hydrogen (secondary N) is 2.